The van der Waals surface area contributed by atoms with Crippen LogP contribution in [0.25, 0.3) is 10.2 Å². The van der Waals surface area contributed by atoms with Gasteiger partial charge >= 0.3 is 0 Å². The van der Waals surface area contributed by atoms with Crippen LogP contribution in [0.4, 0.5) is 5.69 Å². The lowest BCUT2D eigenvalue weighted by atomic mass is 10.2. The van der Waals surface area contributed by atoms with Gasteiger partial charge in [-0.1, -0.05) is 12.1 Å². The first kappa shape index (κ1) is 16.3. The van der Waals surface area contributed by atoms with Crippen molar-refractivity contribution in [2.75, 3.05) is 19.0 Å². The van der Waals surface area contributed by atoms with Gasteiger partial charge in [0, 0.05) is 12.2 Å². The summed E-state index contributed by atoms with van der Waals surface area (Å²) in [5.74, 6) is 0.838. The van der Waals surface area contributed by atoms with Crippen LogP contribution in [0.5, 0.6) is 5.75 Å². The van der Waals surface area contributed by atoms with Gasteiger partial charge in [0.15, 0.2) is 5.11 Å². The van der Waals surface area contributed by atoms with E-state index in [1.807, 2.05) is 30.3 Å². The normalized spacial score (nSPS) is 17.0. The predicted octanol–water partition coefficient (Wildman–Crippen LogP) is 4.84. The van der Waals surface area contributed by atoms with E-state index < -0.39 is 0 Å². The number of thiocarbonyl (C=S) groups is 1. The molecule has 0 amide bonds. The summed E-state index contributed by atoms with van der Waals surface area (Å²) in [5.41, 5.74) is 2.05. The molecule has 0 unspecified atom stereocenters. The van der Waals surface area contributed by atoms with Crippen molar-refractivity contribution in [1.82, 2.24) is 9.88 Å². The fourth-order valence-corrected chi connectivity index (χ4v) is 4.62. The number of fused-ring (bicyclic) bond motifs is 1. The average molecular weight is 370 g/mol. The van der Waals surface area contributed by atoms with Gasteiger partial charge in [-0.3, -0.25) is 0 Å². The van der Waals surface area contributed by atoms with E-state index in [0.29, 0.717) is 0 Å². The molecule has 0 saturated carbocycles. The van der Waals surface area contributed by atoms with Crippen molar-refractivity contribution < 1.29 is 4.74 Å². The van der Waals surface area contributed by atoms with Crippen molar-refractivity contribution in [3.63, 3.8) is 0 Å². The minimum absolute atomic E-state index is 0.260. The van der Waals surface area contributed by atoms with Crippen LogP contribution in [-0.2, 0) is 0 Å². The predicted molar refractivity (Wildman–Crippen MR) is 108 cm³/mol. The summed E-state index contributed by atoms with van der Waals surface area (Å²) >= 11 is 7.45. The Morgan fingerprint density at radius 3 is 2.80 bits per heavy atom. The van der Waals surface area contributed by atoms with Crippen LogP contribution in [0, 0.1) is 0 Å². The molecule has 0 spiro atoms. The summed E-state index contributed by atoms with van der Waals surface area (Å²) in [5, 5.41) is 5.25. The molecule has 2 heterocycles. The lowest BCUT2D eigenvalue weighted by Gasteiger charge is -2.26. The Labute approximate surface area is 156 Å². The van der Waals surface area contributed by atoms with E-state index in [-0.39, 0.29) is 6.04 Å². The first-order valence-corrected chi connectivity index (χ1v) is 9.54. The summed E-state index contributed by atoms with van der Waals surface area (Å²) in [4.78, 5) is 7.09. The molecule has 128 valence electrons. The SMILES string of the molecule is COc1ccc(NC(=S)N2CCC[C@H]2c2nc3ccccc3s2)cc1. The minimum atomic E-state index is 0.260. The summed E-state index contributed by atoms with van der Waals surface area (Å²) < 4.78 is 6.43. The monoisotopic (exact) mass is 369 g/mol. The number of anilines is 1. The van der Waals surface area contributed by atoms with Gasteiger partial charge in [0.1, 0.15) is 10.8 Å². The Bertz CT molecular complexity index is 858. The van der Waals surface area contributed by atoms with Gasteiger partial charge in [-0.15, -0.1) is 11.3 Å². The van der Waals surface area contributed by atoms with Crippen LogP contribution in [0.2, 0.25) is 0 Å². The molecule has 25 heavy (non-hydrogen) atoms. The third-order valence-electron chi connectivity index (χ3n) is 4.45. The molecule has 4 nitrogen and oxygen atoms in total. The number of thiazole rings is 1. The van der Waals surface area contributed by atoms with Gasteiger partial charge in [0.2, 0.25) is 0 Å². The Balaban J connectivity index is 1.52. The highest BCUT2D eigenvalue weighted by Gasteiger charge is 2.30. The number of methoxy groups -OCH3 is 1. The summed E-state index contributed by atoms with van der Waals surface area (Å²) in [6.07, 6.45) is 2.22. The van der Waals surface area contributed by atoms with Crippen LogP contribution in [0.3, 0.4) is 0 Å². The smallest absolute Gasteiger partial charge is 0.174 e. The molecule has 4 rings (SSSR count). The fourth-order valence-electron chi connectivity index (χ4n) is 3.17. The van der Waals surface area contributed by atoms with E-state index in [1.54, 1.807) is 18.4 Å². The van der Waals surface area contributed by atoms with E-state index >= 15 is 0 Å². The van der Waals surface area contributed by atoms with Crippen LogP contribution in [0.15, 0.2) is 48.5 Å². The second-order valence-corrected chi connectivity index (χ2v) is 7.48. The summed E-state index contributed by atoms with van der Waals surface area (Å²) in [7, 11) is 1.67. The molecule has 1 aromatic heterocycles. The molecule has 0 aliphatic carbocycles. The standard InChI is InChI=1S/C19H19N3OS2/c1-23-14-10-8-13(9-11-14)20-19(24)22-12-4-6-16(22)18-21-15-5-2-3-7-17(15)25-18/h2-3,5,7-11,16H,4,6,12H2,1H3,(H,20,24)/t16-/m0/s1. The molecular formula is C19H19N3OS2. The zero-order valence-corrected chi connectivity index (χ0v) is 15.6. The summed E-state index contributed by atoms with van der Waals surface area (Å²) in [6.45, 7) is 0.961. The number of nitrogens with one attached hydrogen (secondary N) is 1. The van der Waals surface area contributed by atoms with Gasteiger partial charge in [-0.05, 0) is 61.5 Å². The highest BCUT2D eigenvalue weighted by molar-refractivity contribution is 7.80. The van der Waals surface area contributed by atoms with E-state index in [0.717, 1.165) is 46.5 Å². The second-order valence-electron chi connectivity index (χ2n) is 6.03. The second kappa shape index (κ2) is 6.98. The van der Waals surface area contributed by atoms with Gasteiger partial charge < -0.3 is 15.0 Å². The van der Waals surface area contributed by atoms with Crippen molar-refractivity contribution in [2.24, 2.45) is 0 Å². The Morgan fingerprint density at radius 2 is 2.04 bits per heavy atom. The quantitative estimate of drug-likeness (QED) is 0.669. The van der Waals surface area contributed by atoms with Gasteiger partial charge in [0.05, 0.1) is 23.4 Å². The molecule has 1 aliphatic heterocycles. The number of hydrogen-bond acceptors (Lipinski definition) is 4. The lowest BCUT2D eigenvalue weighted by Crippen LogP contribution is -2.34. The van der Waals surface area contributed by atoms with Gasteiger partial charge in [-0.2, -0.15) is 0 Å². The molecule has 0 radical (unpaired) electrons. The molecular weight excluding hydrogens is 350 g/mol. The van der Waals surface area contributed by atoms with Gasteiger partial charge in [0.25, 0.3) is 0 Å². The Morgan fingerprint density at radius 1 is 1.24 bits per heavy atom. The number of benzene rings is 2. The molecule has 3 aromatic rings. The van der Waals surface area contributed by atoms with Crippen molar-refractivity contribution in [2.45, 2.75) is 18.9 Å². The molecule has 1 aliphatic rings. The third kappa shape index (κ3) is 3.32. The third-order valence-corrected chi connectivity index (χ3v) is 5.92. The van der Waals surface area contributed by atoms with E-state index in [2.05, 4.69) is 28.4 Å². The lowest BCUT2D eigenvalue weighted by molar-refractivity contribution is 0.405. The van der Waals surface area contributed by atoms with Crippen LogP contribution in [0.1, 0.15) is 23.9 Å². The van der Waals surface area contributed by atoms with Crippen LogP contribution in [-0.4, -0.2) is 28.7 Å². The molecule has 1 saturated heterocycles. The number of para-hydroxylation sites is 1. The molecule has 6 heteroatoms. The average Bonchev–Trinajstić information content (AvgIpc) is 3.28. The Hall–Kier alpha value is -2.18. The molecule has 2 aromatic carbocycles. The fraction of sp³-hybridized carbons (Fsp3) is 0.263. The maximum absolute atomic E-state index is 5.68. The van der Waals surface area contributed by atoms with E-state index in [1.165, 1.54) is 4.70 Å². The highest BCUT2D eigenvalue weighted by Crippen LogP contribution is 2.36. The first-order valence-electron chi connectivity index (χ1n) is 8.32. The Kier molecular flexibility index (Phi) is 4.55. The summed E-state index contributed by atoms with van der Waals surface area (Å²) in [6, 6.07) is 16.4. The number of rotatable bonds is 3. The van der Waals surface area contributed by atoms with Crippen molar-refractivity contribution in [3.05, 3.63) is 53.5 Å². The van der Waals surface area contributed by atoms with Crippen molar-refractivity contribution in [1.29, 1.82) is 0 Å². The maximum atomic E-state index is 5.68. The van der Waals surface area contributed by atoms with Crippen LogP contribution >= 0.6 is 23.6 Å². The molecule has 0 bridgehead atoms. The number of hydrogen-bond donors (Lipinski definition) is 1. The zero-order valence-electron chi connectivity index (χ0n) is 13.9. The number of nitrogens with zero attached hydrogens (tertiary/aromatic N) is 2. The van der Waals surface area contributed by atoms with E-state index in [4.69, 9.17) is 21.9 Å². The molecule has 1 atom stereocenters. The zero-order chi connectivity index (χ0) is 17.2. The van der Waals surface area contributed by atoms with Crippen molar-refractivity contribution in [3.8, 4) is 5.75 Å². The number of aromatic nitrogens is 1. The minimum Gasteiger partial charge on any atom is -0.497 e. The molecule has 1 fully saturated rings. The number of ether oxygens (including phenoxy) is 1. The maximum Gasteiger partial charge on any atom is 0.174 e. The topological polar surface area (TPSA) is 37.4 Å². The first-order chi connectivity index (χ1) is 12.2. The highest BCUT2D eigenvalue weighted by atomic mass is 32.1. The largest absolute Gasteiger partial charge is 0.497 e. The number of likely N-dealkylation sites (tertiary alicyclic amines) is 1. The van der Waals surface area contributed by atoms with Crippen LogP contribution < -0.4 is 10.1 Å². The molecule has 1 N–H and O–H groups in total. The van der Waals surface area contributed by atoms with Crippen molar-refractivity contribution >= 4 is 44.6 Å². The van der Waals surface area contributed by atoms with Gasteiger partial charge in [-0.25, -0.2) is 4.98 Å². The van der Waals surface area contributed by atoms with E-state index in [9.17, 15) is 0 Å².